The summed E-state index contributed by atoms with van der Waals surface area (Å²) >= 11 is 0. The molecule has 0 amide bonds. The maximum absolute atomic E-state index is 3.64. The Labute approximate surface area is 121 Å². The second-order valence-corrected chi connectivity index (χ2v) is 6.47. The first kappa shape index (κ1) is 12.5. The summed E-state index contributed by atoms with van der Waals surface area (Å²) in [6.45, 7) is 6.22. The summed E-state index contributed by atoms with van der Waals surface area (Å²) in [6.07, 6.45) is 6.65. The van der Waals surface area contributed by atoms with Crippen molar-refractivity contribution in [3.8, 4) is 0 Å². The molecule has 0 radical (unpaired) electrons. The van der Waals surface area contributed by atoms with Crippen LogP contribution in [0.25, 0.3) is 0 Å². The number of likely N-dealkylation sites (tertiary alicyclic amines) is 1. The molecule has 2 saturated heterocycles. The van der Waals surface area contributed by atoms with Crippen molar-refractivity contribution < 1.29 is 0 Å². The second kappa shape index (κ2) is 5.28. The molecule has 2 fully saturated rings. The smallest absolute Gasteiger partial charge is 0.0610 e. The fourth-order valence-corrected chi connectivity index (χ4v) is 4.12. The van der Waals surface area contributed by atoms with Crippen molar-refractivity contribution in [1.29, 1.82) is 0 Å². The Bertz CT molecular complexity index is 479. The third kappa shape index (κ3) is 2.18. The number of anilines is 2. The molecule has 1 atom stereocenters. The van der Waals surface area contributed by atoms with Crippen LogP contribution in [-0.2, 0) is 6.42 Å². The van der Waals surface area contributed by atoms with E-state index in [1.807, 2.05) is 0 Å². The average molecular weight is 271 g/mol. The number of hydrogen-bond acceptors (Lipinski definition) is 3. The van der Waals surface area contributed by atoms with E-state index in [9.17, 15) is 0 Å². The lowest BCUT2D eigenvalue weighted by molar-refractivity contribution is 0.260. The highest BCUT2D eigenvalue weighted by molar-refractivity contribution is 5.75. The number of nitrogens with one attached hydrogen (secondary N) is 1. The third-order valence-electron chi connectivity index (χ3n) is 5.21. The van der Waals surface area contributed by atoms with Gasteiger partial charge < -0.3 is 10.2 Å². The molecule has 3 nitrogen and oxygen atoms in total. The van der Waals surface area contributed by atoms with Gasteiger partial charge in [-0.3, -0.25) is 4.90 Å². The lowest BCUT2D eigenvalue weighted by Gasteiger charge is -2.28. The van der Waals surface area contributed by atoms with Crippen LogP contribution < -0.4 is 10.2 Å². The number of fused-ring (bicyclic) bond motifs is 1. The average Bonchev–Trinajstić information content (AvgIpc) is 3.17. The summed E-state index contributed by atoms with van der Waals surface area (Å²) in [5, 5.41) is 3.64. The molecule has 4 rings (SSSR count). The van der Waals surface area contributed by atoms with Gasteiger partial charge >= 0.3 is 0 Å². The van der Waals surface area contributed by atoms with Gasteiger partial charge in [-0.1, -0.05) is 12.1 Å². The van der Waals surface area contributed by atoms with E-state index in [-0.39, 0.29) is 0 Å². The van der Waals surface area contributed by atoms with Crippen molar-refractivity contribution >= 4 is 11.4 Å². The van der Waals surface area contributed by atoms with Crippen molar-refractivity contribution in [2.45, 2.75) is 38.1 Å². The highest BCUT2D eigenvalue weighted by atomic mass is 15.3. The van der Waals surface area contributed by atoms with Crippen LogP contribution in [0.4, 0.5) is 11.4 Å². The van der Waals surface area contributed by atoms with E-state index in [0.29, 0.717) is 0 Å². The minimum atomic E-state index is 0.789. The molecule has 1 N–H and O–H groups in total. The lowest BCUT2D eigenvalue weighted by atomic mass is 10.0. The monoisotopic (exact) mass is 271 g/mol. The predicted octanol–water partition coefficient (Wildman–Crippen LogP) is 2.72. The molecule has 3 heteroatoms. The zero-order chi connectivity index (χ0) is 13.4. The first-order valence-corrected chi connectivity index (χ1v) is 8.26. The molecule has 20 heavy (non-hydrogen) atoms. The zero-order valence-electron chi connectivity index (χ0n) is 12.3. The number of rotatable bonds is 2. The SMILES string of the molecule is c1cc2c(c(N3CCC(N4CCCC4)C3)c1)NCCC2. The molecular formula is C17H25N3. The Morgan fingerprint density at radius 1 is 1.05 bits per heavy atom. The van der Waals surface area contributed by atoms with Crippen molar-refractivity contribution in [2.24, 2.45) is 0 Å². The van der Waals surface area contributed by atoms with Crippen LogP contribution in [0.2, 0.25) is 0 Å². The van der Waals surface area contributed by atoms with Gasteiger partial charge in [0, 0.05) is 25.7 Å². The maximum Gasteiger partial charge on any atom is 0.0610 e. The van der Waals surface area contributed by atoms with Crippen LogP contribution in [0, 0.1) is 0 Å². The highest BCUT2D eigenvalue weighted by Gasteiger charge is 2.30. The lowest BCUT2D eigenvalue weighted by Crippen LogP contribution is -2.35. The minimum absolute atomic E-state index is 0.789. The molecule has 0 saturated carbocycles. The van der Waals surface area contributed by atoms with Crippen LogP contribution in [0.15, 0.2) is 18.2 Å². The number of para-hydroxylation sites is 1. The molecule has 1 aromatic carbocycles. The molecule has 0 aliphatic carbocycles. The van der Waals surface area contributed by atoms with Crippen molar-refractivity contribution in [2.75, 3.05) is 42.9 Å². The highest BCUT2D eigenvalue weighted by Crippen LogP contribution is 2.35. The van der Waals surface area contributed by atoms with Crippen molar-refractivity contribution in [3.05, 3.63) is 23.8 Å². The van der Waals surface area contributed by atoms with Crippen molar-refractivity contribution in [3.63, 3.8) is 0 Å². The van der Waals surface area contributed by atoms with Gasteiger partial charge in [0.1, 0.15) is 0 Å². The molecule has 3 aliphatic rings. The van der Waals surface area contributed by atoms with Gasteiger partial charge in [0.25, 0.3) is 0 Å². The molecule has 1 unspecified atom stereocenters. The molecule has 0 aromatic heterocycles. The Morgan fingerprint density at radius 3 is 2.85 bits per heavy atom. The summed E-state index contributed by atoms with van der Waals surface area (Å²) < 4.78 is 0. The summed E-state index contributed by atoms with van der Waals surface area (Å²) in [4.78, 5) is 5.32. The predicted molar refractivity (Wildman–Crippen MR) is 84.7 cm³/mol. The van der Waals surface area contributed by atoms with Crippen LogP contribution in [0.1, 0.15) is 31.2 Å². The van der Waals surface area contributed by atoms with E-state index in [0.717, 1.165) is 12.6 Å². The molecular weight excluding hydrogens is 246 g/mol. The van der Waals surface area contributed by atoms with E-state index in [1.165, 1.54) is 75.2 Å². The first-order chi connectivity index (χ1) is 9.92. The van der Waals surface area contributed by atoms with Gasteiger partial charge in [0.2, 0.25) is 0 Å². The normalized spacial score (nSPS) is 26.6. The van der Waals surface area contributed by atoms with Gasteiger partial charge in [0.15, 0.2) is 0 Å². The van der Waals surface area contributed by atoms with Crippen LogP contribution in [0.5, 0.6) is 0 Å². The Morgan fingerprint density at radius 2 is 1.95 bits per heavy atom. The largest absolute Gasteiger partial charge is 0.383 e. The first-order valence-electron chi connectivity index (χ1n) is 8.26. The number of aryl methyl sites for hydroxylation is 1. The fraction of sp³-hybridized carbons (Fsp3) is 0.647. The molecule has 3 heterocycles. The van der Waals surface area contributed by atoms with Gasteiger partial charge in [-0.25, -0.2) is 0 Å². The van der Waals surface area contributed by atoms with Crippen LogP contribution in [0.3, 0.4) is 0 Å². The number of benzene rings is 1. The van der Waals surface area contributed by atoms with Crippen molar-refractivity contribution in [1.82, 2.24) is 4.90 Å². The second-order valence-electron chi connectivity index (χ2n) is 6.47. The van der Waals surface area contributed by atoms with Crippen LogP contribution >= 0.6 is 0 Å². The molecule has 0 bridgehead atoms. The maximum atomic E-state index is 3.64. The Kier molecular flexibility index (Phi) is 3.31. The quantitative estimate of drug-likeness (QED) is 0.892. The summed E-state index contributed by atoms with van der Waals surface area (Å²) in [5.41, 5.74) is 4.38. The Balaban J connectivity index is 1.53. The third-order valence-corrected chi connectivity index (χ3v) is 5.21. The number of nitrogens with zero attached hydrogens (tertiary/aromatic N) is 2. The van der Waals surface area contributed by atoms with E-state index >= 15 is 0 Å². The summed E-state index contributed by atoms with van der Waals surface area (Å²) in [7, 11) is 0. The Hall–Kier alpha value is -1.22. The van der Waals surface area contributed by atoms with E-state index in [4.69, 9.17) is 0 Å². The van der Waals surface area contributed by atoms with Gasteiger partial charge in [-0.2, -0.15) is 0 Å². The zero-order valence-corrected chi connectivity index (χ0v) is 12.3. The van der Waals surface area contributed by atoms with E-state index in [2.05, 4.69) is 33.3 Å². The van der Waals surface area contributed by atoms with E-state index in [1.54, 1.807) is 0 Å². The van der Waals surface area contributed by atoms with E-state index < -0.39 is 0 Å². The summed E-state index contributed by atoms with van der Waals surface area (Å²) in [6, 6.07) is 7.63. The molecule has 108 valence electrons. The molecule has 3 aliphatic heterocycles. The van der Waals surface area contributed by atoms with Gasteiger partial charge in [-0.05, 0) is 56.8 Å². The molecule has 0 spiro atoms. The molecule has 1 aromatic rings. The standard InChI is InChI=1S/C17H25N3/c1-2-11-19(10-1)15-8-12-20(13-15)16-7-3-5-14-6-4-9-18-17(14)16/h3,5,7,15,18H,1-2,4,6,8-13H2. The number of hydrogen-bond donors (Lipinski definition) is 1. The van der Waals surface area contributed by atoms with Gasteiger partial charge in [-0.15, -0.1) is 0 Å². The van der Waals surface area contributed by atoms with Gasteiger partial charge in [0.05, 0.1) is 11.4 Å². The minimum Gasteiger partial charge on any atom is -0.383 e. The summed E-state index contributed by atoms with van der Waals surface area (Å²) in [5.74, 6) is 0. The van der Waals surface area contributed by atoms with Crippen LogP contribution in [-0.4, -0.2) is 43.7 Å². The fourth-order valence-electron chi connectivity index (χ4n) is 4.12. The topological polar surface area (TPSA) is 18.5 Å².